The number of likely N-dealkylation sites (tertiary alicyclic amines) is 1. The molecule has 7 nitrogen and oxygen atoms in total. The average Bonchev–Trinajstić information content (AvgIpc) is 2.43. The maximum atomic E-state index is 12.0. The van der Waals surface area contributed by atoms with Crippen LogP contribution in [0.3, 0.4) is 0 Å². The van der Waals surface area contributed by atoms with Crippen LogP contribution in [0.25, 0.3) is 0 Å². The average molecular weight is 328 g/mol. The smallest absolute Gasteiger partial charge is 0.407 e. The van der Waals surface area contributed by atoms with Gasteiger partial charge >= 0.3 is 12.1 Å². The standard InChI is InChI=1S/C16H28N2O5/c1-6-13(19)18-9-11(8-14(20)22-5)7-12(10-18)17-15(21)23-16(2,3)4/h11-12H,6-10H2,1-5H3,(H,17,21). The van der Waals surface area contributed by atoms with Crippen LogP contribution in [0.15, 0.2) is 0 Å². The summed E-state index contributed by atoms with van der Waals surface area (Å²) in [5, 5.41) is 2.80. The predicted molar refractivity (Wildman–Crippen MR) is 84.8 cm³/mol. The van der Waals surface area contributed by atoms with Crippen molar-refractivity contribution in [2.75, 3.05) is 20.2 Å². The molecule has 23 heavy (non-hydrogen) atoms. The quantitative estimate of drug-likeness (QED) is 0.794. The molecule has 1 heterocycles. The third-order valence-corrected chi connectivity index (χ3v) is 3.60. The molecule has 0 aromatic rings. The zero-order valence-electron chi connectivity index (χ0n) is 14.7. The molecular formula is C16H28N2O5. The maximum absolute atomic E-state index is 12.0. The summed E-state index contributed by atoms with van der Waals surface area (Å²) in [6.07, 6.45) is 0.729. The normalized spacial score (nSPS) is 21.5. The molecule has 0 spiro atoms. The number of rotatable bonds is 4. The molecule has 1 aliphatic rings. The fraction of sp³-hybridized carbons (Fsp3) is 0.812. The van der Waals surface area contributed by atoms with Gasteiger partial charge in [-0.2, -0.15) is 0 Å². The van der Waals surface area contributed by atoms with Crippen LogP contribution in [-0.2, 0) is 19.1 Å². The molecule has 1 saturated heterocycles. The van der Waals surface area contributed by atoms with Crippen LogP contribution < -0.4 is 5.32 Å². The van der Waals surface area contributed by atoms with Crippen LogP contribution in [0.2, 0.25) is 0 Å². The van der Waals surface area contributed by atoms with Crippen LogP contribution in [0, 0.1) is 5.92 Å². The first-order valence-corrected chi connectivity index (χ1v) is 7.98. The Morgan fingerprint density at radius 3 is 2.39 bits per heavy atom. The van der Waals surface area contributed by atoms with Gasteiger partial charge in [-0.15, -0.1) is 0 Å². The zero-order chi connectivity index (χ0) is 17.6. The molecule has 0 saturated carbocycles. The molecule has 0 aliphatic carbocycles. The molecule has 0 aromatic carbocycles. The summed E-state index contributed by atoms with van der Waals surface area (Å²) in [6, 6.07) is -0.233. The SMILES string of the molecule is CCC(=O)N1CC(CC(=O)OC)CC(NC(=O)OC(C)(C)C)C1. The highest BCUT2D eigenvalue weighted by Gasteiger charge is 2.32. The number of esters is 1. The summed E-state index contributed by atoms with van der Waals surface area (Å²) in [6.45, 7) is 8.11. The predicted octanol–water partition coefficient (Wildman–Crippen LogP) is 1.70. The lowest BCUT2D eigenvalue weighted by molar-refractivity contribution is -0.143. The van der Waals surface area contributed by atoms with Crippen molar-refractivity contribution < 1.29 is 23.9 Å². The van der Waals surface area contributed by atoms with E-state index in [1.165, 1.54) is 7.11 Å². The van der Waals surface area contributed by atoms with Crippen molar-refractivity contribution in [1.29, 1.82) is 0 Å². The number of nitrogens with zero attached hydrogens (tertiary/aromatic N) is 1. The van der Waals surface area contributed by atoms with E-state index in [-0.39, 0.29) is 30.3 Å². The van der Waals surface area contributed by atoms with Gasteiger partial charge in [0.1, 0.15) is 5.60 Å². The molecule has 0 aromatic heterocycles. The molecule has 132 valence electrons. The monoisotopic (exact) mass is 328 g/mol. The van der Waals surface area contributed by atoms with E-state index in [1.807, 2.05) is 0 Å². The number of amides is 2. The third-order valence-electron chi connectivity index (χ3n) is 3.60. The highest BCUT2D eigenvalue weighted by molar-refractivity contribution is 5.76. The minimum absolute atomic E-state index is 0.00977. The Morgan fingerprint density at radius 1 is 1.22 bits per heavy atom. The van der Waals surface area contributed by atoms with E-state index in [0.29, 0.717) is 25.9 Å². The van der Waals surface area contributed by atoms with Gasteiger partial charge in [0, 0.05) is 19.5 Å². The molecule has 1 aliphatic heterocycles. The van der Waals surface area contributed by atoms with E-state index in [4.69, 9.17) is 9.47 Å². The fourth-order valence-electron chi connectivity index (χ4n) is 2.68. The second-order valence-corrected chi connectivity index (χ2v) is 6.88. The van der Waals surface area contributed by atoms with Gasteiger partial charge < -0.3 is 19.7 Å². The summed E-state index contributed by atoms with van der Waals surface area (Å²) in [7, 11) is 1.34. The number of hydrogen-bond acceptors (Lipinski definition) is 5. The molecule has 0 radical (unpaired) electrons. The number of piperidine rings is 1. The highest BCUT2D eigenvalue weighted by Crippen LogP contribution is 2.22. The van der Waals surface area contributed by atoms with Crippen LogP contribution in [0.4, 0.5) is 4.79 Å². The Hall–Kier alpha value is -1.79. The van der Waals surface area contributed by atoms with E-state index in [9.17, 15) is 14.4 Å². The molecule has 0 bridgehead atoms. The van der Waals surface area contributed by atoms with Crippen LogP contribution in [-0.4, -0.2) is 54.7 Å². The van der Waals surface area contributed by atoms with Gasteiger partial charge in [-0.3, -0.25) is 9.59 Å². The van der Waals surface area contributed by atoms with Crippen molar-refractivity contribution in [2.24, 2.45) is 5.92 Å². The first-order valence-electron chi connectivity index (χ1n) is 7.98. The second kappa shape index (κ2) is 8.17. The van der Waals surface area contributed by atoms with Crippen molar-refractivity contribution in [2.45, 2.75) is 58.6 Å². The van der Waals surface area contributed by atoms with Gasteiger partial charge in [0.2, 0.25) is 5.91 Å². The number of nitrogens with one attached hydrogen (secondary N) is 1. The Bertz CT molecular complexity index is 444. The second-order valence-electron chi connectivity index (χ2n) is 6.88. The van der Waals surface area contributed by atoms with Gasteiger partial charge in [0.15, 0.2) is 0 Å². The van der Waals surface area contributed by atoms with Crippen molar-refractivity contribution in [3.8, 4) is 0 Å². The van der Waals surface area contributed by atoms with E-state index < -0.39 is 11.7 Å². The van der Waals surface area contributed by atoms with Crippen molar-refractivity contribution in [3.05, 3.63) is 0 Å². The molecular weight excluding hydrogens is 300 g/mol. The lowest BCUT2D eigenvalue weighted by atomic mass is 9.91. The topological polar surface area (TPSA) is 84.9 Å². The van der Waals surface area contributed by atoms with Gasteiger partial charge in [-0.05, 0) is 33.1 Å². The van der Waals surface area contributed by atoms with E-state index >= 15 is 0 Å². The first kappa shape index (κ1) is 19.3. The number of methoxy groups -OCH3 is 1. The molecule has 2 amide bonds. The van der Waals surface area contributed by atoms with Crippen LogP contribution in [0.1, 0.15) is 47.0 Å². The van der Waals surface area contributed by atoms with Gasteiger partial charge in [0.25, 0.3) is 0 Å². The lowest BCUT2D eigenvalue weighted by Crippen LogP contribution is -2.53. The number of hydrogen-bond donors (Lipinski definition) is 1. The zero-order valence-corrected chi connectivity index (χ0v) is 14.7. The fourth-order valence-corrected chi connectivity index (χ4v) is 2.68. The van der Waals surface area contributed by atoms with E-state index in [1.54, 1.807) is 32.6 Å². The maximum Gasteiger partial charge on any atom is 0.407 e. The van der Waals surface area contributed by atoms with Gasteiger partial charge in [-0.25, -0.2) is 4.79 Å². The lowest BCUT2D eigenvalue weighted by Gasteiger charge is -2.38. The Balaban J connectivity index is 2.70. The van der Waals surface area contributed by atoms with Crippen LogP contribution in [0.5, 0.6) is 0 Å². The Kier molecular flexibility index (Phi) is 6.84. The summed E-state index contributed by atoms with van der Waals surface area (Å²) >= 11 is 0. The molecule has 2 atom stereocenters. The summed E-state index contributed by atoms with van der Waals surface area (Å²) < 4.78 is 9.96. The third kappa shape index (κ3) is 6.88. The number of carbonyl (C=O) groups is 3. The minimum Gasteiger partial charge on any atom is -0.469 e. The number of carbonyl (C=O) groups excluding carboxylic acids is 3. The van der Waals surface area contributed by atoms with E-state index in [2.05, 4.69) is 5.32 Å². The number of alkyl carbamates (subject to hydrolysis) is 1. The molecule has 1 N–H and O–H groups in total. The largest absolute Gasteiger partial charge is 0.469 e. The summed E-state index contributed by atoms with van der Waals surface area (Å²) in [4.78, 5) is 37.1. The molecule has 1 fully saturated rings. The molecule has 7 heteroatoms. The molecule has 1 rings (SSSR count). The Morgan fingerprint density at radius 2 is 1.87 bits per heavy atom. The van der Waals surface area contributed by atoms with Crippen LogP contribution >= 0.6 is 0 Å². The van der Waals surface area contributed by atoms with Crippen molar-refractivity contribution >= 4 is 18.0 Å². The summed E-state index contributed by atoms with van der Waals surface area (Å²) in [5.41, 5.74) is -0.580. The van der Waals surface area contributed by atoms with Gasteiger partial charge in [0.05, 0.1) is 19.6 Å². The molecule has 2 unspecified atom stereocenters. The Labute approximate surface area is 137 Å². The number of ether oxygens (including phenoxy) is 2. The summed E-state index contributed by atoms with van der Waals surface area (Å²) in [5.74, 6) is -0.334. The van der Waals surface area contributed by atoms with Crippen molar-refractivity contribution in [1.82, 2.24) is 10.2 Å². The minimum atomic E-state index is -0.580. The van der Waals surface area contributed by atoms with Crippen molar-refractivity contribution in [3.63, 3.8) is 0 Å². The highest BCUT2D eigenvalue weighted by atomic mass is 16.6. The van der Waals surface area contributed by atoms with E-state index in [0.717, 1.165) is 0 Å². The first-order chi connectivity index (χ1) is 10.6. The van der Waals surface area contributed by atoms with Gasteiger partial charge in [-0.1, -0.05) is 6.92 Å².